The molecule has 3 N–H and O–H groups in total. The first kappa shape index (κ1) is 16.5. The molecule has 1 saturated carbocycles. The molecule has 1 aromatic heterocycles. The van der Waals surface area contributed by atoms with Crippen LogP contribution in [-0.4, -0.2) is 32.7 Å². The number of sulfonamides is 1. The van der Waals surface area contributed by atoms with Crippen molar-refractivity contribution in [1.82, 2.24) is 10.0 Å². The molecule has 6 nitrogen and oxygen atoms in total. The topological polar surface area (TPSA) is 91.6 Å². The number of furan rings is 1. The first-order valence-corrected chi connectivity index (χ1v) is 8.82. The van der Waals surface area contributed by atoms with Gasteiger partial charge in [0.05, 0.1) is 12.6 Å². The average Bonchev–Trinajstić information content (AvgIpc) is 2.82. The number of rotatable bonds is 8. The van der Waals surface area contributed by atoms with E-state index in [-0.39, 0.29) is 17.1 Å². The Morgan fingerprint density at radius 1 is 1.38 bits per heavy atom. The van der Waals surface area contributed by atoms with Crippen molar-refractivity contribution in [3.8, 4) is 0 Å². The molecule has 0 aromatic carbocycles. The minimum Gasteiger partial charge on any atom is -0.447 e. The van der Waals surface area contributed by atoms with Gasteiger partial charge in [0.2, 0.25) is 5.09 Å². The van der Waals surface area contributed by atoms with Gasteiger partial charge < -0.3 is 14.8 Å². The minimum absolute atomic E-state index is 0.0521. The molecule has 21 heavy (non-hydrogen) atoms. The monoisotopic (exact) mass is 316 g/mol. The lowest BCUT2D eigenvalue weighted by Crippen LogP contribution is -2.38. The Bertz CT molecular complexity index is 547. The molecule has 1 heterocycles. The molecule has 1 fully saturated rings. The van der Waals surface area contributed by atoms with Crippen LogP contribution in [0, 0.1) is 11.8 Å². The lowest BCUT2D eigenvalue weighted by atomic mass is 9.83. The predicted octanol–water partition coefficient (Wildman–Crippen LogP) is 1.07. The SMILES string of the molecule is CC(C)CNCc1ccc(S(=O)(=O)NCC2CC(O)C2)o1. The molecule has 0 aliphatic heterocycles. The Balaban J connectivity index is 1.83. The van der Waals surface area contributed by atoms with Gasteiger partial charge in [0.15, 0.2) is 0 Å². The number of aliphatic hydroxyl groups excluding tert-OH is 1. The van der Waals surface area contributed by atoms with Crippen LogP contribution in [0.4, 0.5) is 0 Å². The van der Waals surface area contributed by atoms with Crippen LogP contribution in [0.5, 0.6) is 0 Å². The van der Waals surface area contributed by atoms with Gasteiger partial charge in [-0.05, 0) is 43.4 Å². The largest absolute Gasteiger partial charge is 0.447 e. The second-order valence-electron chi connectivity index (χ2n) is 6.09. The van der Waals surface area contributed by atoms with Crippen LogP contribution < -0.4 is 10.0 Å². The molecule has 0 spiro atoms. The van der Waals surface area contributed by atoms with E-state index < -0.39 is 10.0 Å². The second-order valence-corrected chi connectivity index (χ2v) is 7.79. The second kappa shape index (κ2) is 6.91. The summed E-state index contributed by atoms with van der Waals surface area (Å²) in [5.41, 5.74) is 0. The molecule has 0 amide bonds. The highest BCUT2D eigenvalue weighted by atomic mass is 32.2. The fraction of sp³-hybridized carbons (Fsp3) is 0.714. The van der Waals surface area contributed by atoms with E-state index in [0.717, 1.165) is 6.54 Å². The molecule has 1 aliphatic rings. The number of aliphatic hydroxyl groups is 1. The standard InChI is InChI=1S/C14H24N2O4S/c1-10(2)7-15-9-13-3-4-14(20-13)21(18,19)16-8-11-5-12(17)6-11/h3-4,10-12,15-17H,5-9H2,1-2H3. The summed E-state index contributed by atoms with van der Waals surface area (Å²) in [5, 5.41) is 12.3. The highest BCUT2D eigenvalue weighted by molar-refractivity contribution is 7.89. The smallest absolute Gasteiger partial charge is 0.273 e. The number of nitrogens with one attached hydrogen (secondary N) is 2. The van der Waals surface area contributed by atoms with Crippen LogP contribution in [0.1, 0.15) is 32.4 Å². The molecule has 0 bridgehead atoms. The van der Waals surface area contributed by atoms with Crippen LogP contribution in [0.25, 0.3) is 0 Å². The summed E-state index contributed by atoms with van der Waals surface area (Å²) in [7, 11) is -3.60. The van der Waals surface area contributed by atoms with Gasteiger partial charge in [-0.1, -0.05) is 13.8 Å². The van der Waals surface area contributed by atoms with Gasteiger partial charge >= 0.3 is 0 Å². The Morgan fingerprint density at radius 2 is 2.10 bits per heavy atom. The molecule has 0 atom stereocenters. The van der Waals surface area contributed by atoms with E-state index in [9.17, 15) is 13.5 Å². The number of hydrogen-bond acceptors (Lipinski definition) is 5. The lowest BCUT2D eigenvalue weighted by Gasteiger charge is -2.31. The molecular weight excluding hydrogens is 292 g/mol. The first-order valence-electron chi connectivity index (χ1n) is 7.34. The Hall–Kier alpha value is -0.890. The number of hydrogen-bond donors (Lipinski definition) is 3. The maximum absolute atomic E-state index is 12.1. The lowest BCUT2D eigenvalue weighted by molar-refractivity contribution is 0.0453. The zero-order chi connectivity index (χ0) is 15.5. The molecule has 120 valence electrons. The summed E-state index contributed by atoms with van der Waals surface area (Å²) in [6, 6.07) is 3.15. The van der Waals surface area contributed by atoms with Crippen molar-refractivity contribution in [3.05, 3.63) is 17.9 Å². The molecule has 1 aromatic rings. The van der Waals surface area contributed by atoms with Crippen molar-refractivity contribution in [2.45, 2.75) is 44.4 Å². The van der Waals surface area contributed by atoms with Crippen molar-refractivity contribution < 1.29 is 17.9 Å². The predicted molar refractivity (Wildman–Crippen MR) is 79.2 cm³/mol. The van der Waals surface area contributed by atoms with Crippen LogP contribution in [0.3, 0.4) is 0 Å². The zero-order valence-electron chi connectivity index (χ0n) is 12.5. The molecule has 0 radical (unpaired) electrons. The Morgan fingerprint density at radius 3 is 2.71 bits per heavy atom. The van der Waals surface area contributed by atoms with E-state index in [1.165, 1.54) is 6.07 Å². The van der Waals surface area contributed by atoms with Crippen LogP contribution >= 0.6 is 0 Å². The quantitative estimate of drug-likeness (QED) is 0.667. The van der Waals surface area contributed by atoms with Crippen LogP contribution in [-0.2, 0) is 16.6 Å². The van der Waals surface area contributed by atoms with Crippen molar-refractivity contribution in [1.29, 1.82) is 0 Å². The van der Waals surface area contributed by atoms with E-state index >= 15 is 0 Å². The third-order valence-electron chi connectivity index (χ3n) is 3.53. The first-order chi connectivity index (χ1) is 9.87. The minimum atomic E-state index is -3.60. The summed E-state index contributed by atoms with van der Waals surface area (Å²) in [5.74, 6) is 1.36. The van der Waals surface area contributed by atoms with Gasteiger partial charge in [0.1, 0.15) is 5.76 Å². The third kappa shape index (κ3) is 4.81. The molecular formula is C14H24N2O4S. The zero-order valence-corrected chi connectivity index (χ0v) is 13.3. The molecule has 7 heteroatoms. The van der Waals surface area contributed by atoms with E-state index in [2.05, 4.69) is 23.9 Å². The van der Waals surface area contributed by atoms with Gasteiger partial charge in [0.25, 0.3) is 10.0 Å². The average molecular weight is 316 g/mol. The van der Waals surface area contributed by atoms with E-state index in [1.807, 2.05) is 0 Å². The van der Waals surface area contributed by atoms with Crippen molar-refractivity contribution in [2.24, 2.45) is 11.8 Å². The van der Waals surface area contributed by atoms with Crippen molar-refractivity contribution in [3.63, 3.8) is 0 Å². The Kier molecular flexibility index (Phi) is 5.43. The van der Waals surface area contributed by atoms with E-state index in [0.29, 0.717) is 37.6 Å². The van der Waals surface area contributed by atoms with Crippen molar-refractivity contribution in [2.75, 3.05) is 13.1 Å². The van der Waals surface area contributed by atoms with Gasteiger partial charge in [0, 0.05) is 6.54 Å². The fourth-order valence-corrected chi connectivity index (χ4v) is 3.31. The highest BCUT2D eigenvalue weighted by Crippen LogP contribution is 2.26. The Labute approximate surface area is 126 Å². The van der Waals surface area contributed by atoms with Gasteiger partial charge in [-0.2, -0.15) is 0 Å². The van der Waals surface area contributed by atoms with E-state index in [4.69, 9.17) is 4.42 Å². The summed E-state index contributed by atoms with van der Waals surface area (Å²) < 4.78 is 32.0. The highest BCUT2D eigenvalue weighted by Gasteiger charge is 2.29. The van der Waals surface area contributed by atoms with Crippen LogP contribution in [0.15, 0.2) is 21.6 Å². The van der Waals surface area contributed by atoms with Gasteiger partial charge in [-0.15, -0.1) is 0 Å². The maximum atomic E-state index is 12.1. The summed E-state index contributed by atoms with van der Waals surface area (Å²) in [4.78, 5) is 0. The fourth-order valence-electron chi connectivity index (χ4n) is 2.25. The van der Waals surface area contributed by atoms with Crippen molar-refractivity contribution >= 4 is 10.0 Å². The van der Waals surface area contributed by atoms with E-state index in [1.54, 1.807) is 6.07 Å². The summed E-state index contributed by atoms with van der Waals surface area (Å²) in [6.45, 7) is 5.92. The summed E-state index contributed by atoms with van der Waals surface area (Å²) >= 11 is 0. The summed E-state index contributed by atoms with van der Waals surface area (Å²) in [6.07, 6.45) is 1.04. The molecule has 0 unspecified atom stereocenters. The molecule has 2 rings (SSSR count). The normalized spacial score (nSPS) is 22.5. The van der Waals surface area contributed by atoms with Gasteiger partial charge in [-0.25, -0.2) is 13.1 Å². The third-order valence-corrected chi connectivity index (χ3v) is 4.82. The molecule has 0 saturated heterocycles. The van der Waals surface area contributed by atoms with Gasteiger partial charge in [-0.3, -0.25) is 0 Å². The van der Waals surface area contributed by atoms with Crippen LogP contribution in [0.2, 0.25) is 0 Å². The molecule has 1 aliphatic carbocycles. The maximum Gasteiger partial charge on any atom is 0.273 e.